The van der Waals surface area contributed by atoms with Gasteiger partial charge in [-0.15, -0.1) is 0 Å². The van der Waals surface area contributed by atoms with Gasteiger partial charge in [-0.2, -0.15) is 0 Å². The van der Waals surface area contributed by atoms with Gasteiger partial charge in [0.15, 0.2) is 0 Å². The molecule has 0 aromatic heterocycles. The normalized spacial score (nSPS) is 24.9. The van der Waals surface area contributed by atoms with Gasteiger partial charge in [-0.05, 0) is 36.1 Å². The lowest BCUT2D eigenvalue weighted by atomic mass is 9.87. The number of aryl methyl sites for hydroxylation is 1. The highest BCUT2D eigenvalue weighted by Crippen LogP contribution is 2.31. The van der Waals surface area contributed by atoms with Gasteiger partial charge in [0, 0.05) is 0 Å². The molecule has 0 saturated heterocycles. The van der Waals surface area contributed by atoms with Crippen molar-refractivity contribution in [3.8, 4) is 0 Å². The maximum absolute atomic E-state index is 9.83. The Morgan fingerprint density at radius 2 is 1.86 bits per heavy atom. The number of fused-ring (bicyclic) bond motifs is 1. The van der Waals surface area contributed by atoms with Crippen LogP contribution in [0.4, 0.5) is 0 Å². The predicted molar refractivity (Wildman–Crippen MR) is 55.9 cm³/mol. The number of rotatable bonds is 0. The molecule has 1 aliphatic carbocycles. The van der Waals surface area contributed by atoms with Crippen molar-refractivity contribution in [2.24, 2.45) is 0 Å². The molecule has 2 unspecified atom stereocenters. The lowest BCUT2D eigenvalue weighted by molar-refractivity contribution is 0.0465. The summed E-state index contributed by atoms with van der Waals surface area (Å²) in [5.74, 6) is 0. The van der Waals surface area contributed by atoms with Crippen molar-refractivity contribution < 1.29 is 10.2 Å². The Bertz CT molecular complexity index is 394. The number of hydrogen-bond donors (Lipinski definition) is 2. The van der Waals surface area contributed by atoms with Gasteiger partial charge in [0.2, 0.25) is 0 Å². The van der Waals surface area contributed by atoms with Crippen LogP contribution in [0.15, 0.2) is 18.2 Å². The van der Waals surface area contributed by atoms with E-state index >= 15 is 0 Å². The minimum Gasteiger partial charge on any atom is -0.386 e. The highest BCUT2D eigenvalue weighted by molar-refractivity contribution is 5.61. The van der Waals surface area contributed by atoms with Gasteiger partial charge in [0.1, 0.15) is 12.2 Å². The molecule has 2 nitrogen and oxygen atoms in total. The molecule has 0 heterocycles. The fourth-order valence-corrected chi connectivity index (χ4v) is 1.87. The molecule has 74 valence electrons. The topological polar surface area (TPSA) is 40.5 Å². The van der Waals surface area contributed by atoms with E-state index in [9.17, 15) is 10.2 Å². The Hall–Kier alpha value is -1.12. The number of aliphatic hydroxyl groups is 2. The first-order valence-corrected chi connectivity index (χ1v) is 4.75. The van der Waals surface area contributed by atoms with Crippen molar-refractivity contribution in [1.82, 2.24) is 0 Å². The third-order valence-electron chi connectivity index (χ3n) is 2.91. The second-order valence-electron chi connectivity index (χ2n) is 3.80. The van der Waals surface area contributed by atoms with Crippen molar-refractivity contribution in [2.45, 2.75) is 26.1 Å². The van der Waals surface area contributed by atoms with Crippen LogP contribution in [0.25, 0.3) is 6.08 Å². The molecule has 2 heteroatoms. The highest BCUT2D eigenvalue weighted by atomic mass is 16.3. The van der Waals surface area contributed by atoms with Crippen molar-refractivity contribution >= 4 is 6.08 Å². The van der Waals surface area contributed by atoms with Crippen molar-refractivity contribution in [2.75, 3.05) is 0 Å². The second-order valence-corrected chi connectivity index (χ2v) is 3.80. The third-order valence-corrected chi connectivity index (χ3v) is 2.91. The molecular weight excluding hydrogens is 176 g/mol. The number of hydrogen-bond acceptors (Lipinski definition) is 2. The Labute approximate surface area is 83.5 Å². The highest BCUT2D eigenvalue weighted by Gasteiger charge is 2.24. The second kappa shape index (κ2) is 3.23. The minimum atomic E-state index is -0.782. The maximum Gasteiger partial charge on any atom is 0.109 e. The Morgan fingerprint density at radius 3 is 2.57 bits per heavy atom. The van der Waals surface area contributed by atoms with E-state index in [1.807, 2.05) is 32.1 Å². The Kier molecular flexibility index (Phi) is 2.17. The summed E-state index contributed by atoms with van der Waals surface area (Å²) in [6, 6.07) is 4.01. The summed E-state index contributed by atoms with van der Waals surface area (Å²) in [5.41, 5.74) is 4.08. The summed E-state index contributed by atoms with van der Waals surface area (Å²) < 4.78 is 0. The zero-order chi connectivity index (χ0) is 10.3. The summed E-state index contributed by atoms with van der Waals surface area (Å²) in [5, 5.41) is 19.3. The summed E-state index contributed by atoms with van der Waals surface area (Å²) in [6.45, 7) is 3.98. The van der Waals surface area contributed by atoms with Gasteiger partial charge in [-0.25, -0.2) is 0 Å². The molecule has 14 heavy (non-hydrogen) atoms. The minimum absolute atomic E-state index is 0.775. The number of benzene rings is 1. The number of aliphatic hydroxyl groups excluding tert-OH is 2. The molecule has 0 amide bonds. The van der Waals surface area contributed by atoms with Gasteiger partial charge in [-0.3, -0.25) is 0 Å². The fraction of sp³-hybridized carbons (Fsp3) is 0.333. The van der Waals surface area contributed by atoms with Gasteiger partial charge in [-0.1, -0.05) is 24.3 Å². The van der Waals surface area contributed by atoms with E-state index in [4.69, 9.17) is 0 Å². The molecule has 2 N–H and O–H groups in total. The van der Waals surface area contributed by atoms with E-state index < -0.39 is 12.2 Å². The van der Waals surface area contributed by atoms with Crippen LogP contribution in [0.3, 0.4) is 0 Å². The molecule has 0 aliphatic heterocycles. The van der Waals surface area contributed by atoms with Crippen LogP contribution < -0.4 is 0 Å². The van der Waals surface area contributed by atoms with E-state index in [0.29, 0.717) is 0 Å². The molecule has 2 rings (SSSR count). The van der Waals surface area contributed by atoms with E-state index in [-0.39, 0.29) is 0 Å². The molecule has 0 radical (unpaired) electrons. The predicted octanol–water partition coefficient (Wildman–Crippen LogP) is 1.72. The Morgan fingerprint density at radius 1 is 1.14 bits per heavy atom. The van der Waals surface area contributed by atoms with Crippen LogP contribution in [0.5, 0.6) is 0 Å². The monoisotopic (exact) mass is 190 g/mol. The van der Waals surface area contributed by atoms with E-state index in [1.54, 1.807) is 6.08 Å². The average molecular weight is 190 g/mol. The first-order chi connectivity index (χ1) is 6.61. The average Bonchev–Trinajstić information content (AvgIpc) is 2.17. The molecule has 1 aliphatic rings. The third kappa shape index (κ3) is 1.27. The summed E-state index contributed by atoms with van der Waals surface area (Å²) in [6.07, 6.45) is 1.93. The van der Waals surface area contributed by atoms with Gasteiger partial charge in [0.25, 0.3) is 0 Å². The molecule has 0 fully saturated rings. The fourth-order valence-electron chi connectivity index (χ4n) is 1.87. The molecule has 2 atom stereocenters. The molecular formula is C12H14O2. The lowest BCUT2D eigenvalue weighted by Gasteiger charge is -2.24. The van der Waals surface area contributed by atoms with Crippen LogP contribution >= 0.6 is 0 Å². The molecule has 1 aromatic carbocycles. The molecule has 0 saturated carbocycles. The molecule has 0 spiro atoms. The van der Waals surface area contributed by atoms with Crippen LogP contribution in [0.2, 0.25) is 0 Å². The van der Waals surface area contributed by atoms with Gasteiger partial charge < -0.3 is 10.2 Å². The first kappa shape index (κ1) is 9.44. The largest absolute Gasteiger partial charge is 0.386 e. The van der Waals surface area contributed by atoms with Crippen LogP contribution in [-0.4, -0.2) is 16.3 Å². The van der Waals surface area contributed by atoms with Crippen molar-refractivity contribution in [3.63, 3.8) is 0 Å². The Balaban J connectivity index is 2.64. The maximum atomic E-state index is 9.83. The van der Waals surface area contributed by atoms with Gasteiger partial charge >= 0.3 is 0 Å². The SMILES string of the molecule is Cc1ccc2c(c1C)C(O)C(O)C=C2. The molecule has 0 bridgehead atoms. The van der Waals surface area contributed by atoms with E-state index in [0.717, 1.165) is 22.3 Å². The van der Waals surface area contributed by atoms with Crippen LogP contribution in [0.1, 0.15) is 28.4 Å². The van der Waals surface area contributed by atoms with Crippen molar-refractivity contribution in [1.29, 1.82) is 0 Å². The van der Waals surface area contributed by atoms with Crippen LogP contribution in [-0.2, 0) is 0 Å². The van der Waals surface area contributed by atoms with E-state index in [1.165, 1.54) is 0 Å². The quantitative estimate of drug-likeness (QED) is 0.654. The standard InChI is InChI=1S/C12H14O2/c1-7-3-4-9-5-6-10(13)12(14)11(9)8(7)2/h3-6,10,12-14H,1-2H3. The van der Waals surface area contributed by atoms with E-state index in [2.05, 4.69) is 0 Å². The first-order valence-electron chi connectivity index (χ1n) is 4.75. The smallest absolute Gasteiger partial charge is 0.109 e. The molecule has 1 aromatic rings. The zero-order valence-electron chi connectivity index (χ0n) is 8.36. The summed E-state index contributed by atoms with van der Waals surface area (Å²) in [7, 11) is 0. The zero-order valence-corrected chi connectivity index (χ0v) is 8.36. The lowest BCUT2D eigenvalue weighted by Crippen LogP contribution is -2.20. The summed E-state index contributed by atoms with van der Waals surface area (Å²) >= 11 is 0. The van der Waals surface area contributed by atoms with Gasteiger partial charge in [0.05, 0.1) is 0 Å². The summed E-state index contributed by atoms with van der Waals surface area (Å²) in [4.78, 5) is 0. The van der Waals surface area contributed by atoms with Crippen molar-refractivity contribution in [3.05, 3.63) is 40.5 Å². The van der Waals surface area contributed by atoms with Crippen LogP contribution in [0, 0.1) is 13.8 Å².